The van der Waals surface area contributed by atoms with E-state index in [1.165, 1.54) is 5.57 Å². The summed E-state index contributed by atoms with van der Waals surface area (Å²) in [6, 6.07) is 9.87. The van der Waals surface area contributed by atoms with Crippen molar-refractivity contribution in [2.75, 3.05) is 25.4 Å². The van der Waals surface area contributed by atoms with Crippen molar-refractivity contribution in [2.45, 2.75) is 32.8 Å². The van der Waals surface area contributed by atoms with E-state index in [9.17, 15) is 4.79 Å². The number of benzene rings is 1. The van der Waals surface area contributed by atoms with Crippen molar-refractivity contribution >= 4 is 29.0 Å². The topological polar surface area (TPSA) is 81.3 Å². The van der Waals surface area contributed by atoms with Crippen LogP contribution in [-0.4, -0.2) is 46.3 Å². The Hall–Kier alpha value is -2.44. The number of nitrogen functional groups attached to an aromatic ring is 1. The minimum Gasteiger partial charge on any atom is -0.459 e. The van der Waals surface area contributed by atoms with Crippen LogP contribution in [0.3, 0.4) is 0 Å². The first-order chi connectivity index (χ1) is 13.2. The Morgan fingerprint density at radius 2 is 1.89 bits per heavy atom. The van der Waals surface area contributed by atoms with E-state index in [4.69, 9.17) is 22.1 Å². The Labute approximate surface area is 170 Å². The molecule has 0 bridgehead atoms. The van der Waals surface area contributed by atoms with Gasteiger partial charge in [-0.15, -0.1) is 10.2 Å². The van der Waals surface area contributed by atoms with E-state index in [1.54, 1.807) is 6.07 Å². The summed E-state index contributed by atoms with van der Waals surface area (Å²) >= 11 is 5.93. The summed E-state index contributed by atoms with van der Waals surface area (Å²) in [5.41, 5.74) is 9.60. The van der Waals surface area contributed by atoms with Crippen LogP contribution in [0.1, 0.15) is 32.8 Å². The largest absolute Gasteiger partial charge is 0.459 e. The number of halogens is 1. The second-order valence-corrected chi connectivity index (χ2v) is 8.23. The van der Waals surface area contributed by atoms with Gasteiger partial charge in [0.05, 0.1) is 6.54 Å². The van der Waals surface area contributed by atoms with Gasteiger partial charge in [0.15, 0.2) is 11.0 Å². The molecule has 2 heterocycles. The molecule has 1 aromatic heterocycles. The van der Waals surface area contributed by atoms with Crippen LogP contribution in [0.4, 0.5) is 5.82 Å². The van der Waals surface area contributed by atoms with Crippen LogP contribution in [0.15, 0.2) is 36.4 Å². The smallest absolute Gasteiger partial charge is 0.320 e. The van der Waals surface area contributed by atoms with Crippen molar-refractivity contribution in [2.24, 2.45) is 0 Å². The Balaban J connectivity index is 1.65. The van der Waals surface area contributed by atoms with Gasteiger partial charge in [0.2, 0.25) is 0 Å². The van der Waals surface area contributed by atoms with Crippen LogP contribution in [0, 0.1) is 0 Å². The molecular weight excluding hydrogens is 376 g/mol. The molecule has 0 atom stereocenters. The second-order valence-electron chi connectivity index (χ2n) is 7.84. The van der Waals surface area contributed by atoms with Gasteiger partial charge >= 0.3 is 5.97 Å². The lowest BCUT2D eigenvalue weighted by Gasteiger charge is -2.27. The van der Waals surface area contributed by atoms with Gasteiger partial charge in [0.25, 0.3) is 0 Å². The molecule has 0 saturated carbocycles. The molecule has 0 spiro atoms. The molecule has 0 amide bonds. The fraction of sp³-hybridized carbons (Fsp3) is 0.381. The van der Waals surface area contributed by atoms with Crippen LogP contribution < -0.4 is 5.73 Å². The zero-order chi connectivity index (χ0) is 20.3. The third-order valence-corrected chi connectivity index (χ3v) is 4.61. The lowest BCUT2D eigenvalue weighted by Crippen LogP contribution is -2.37. The minimum atomic E-state index is -0.451. The number of ether oxygens (including phenoxy) is 1. The van der Waals surface area contributed by atoms with E-state index in [1.807, 2.05) is 32.9 Å². The second kappa shape index (κ2) is 8.29. The number of esters is 1. The van der Waals surface area contributed by atoms with E-state index in [0.717, 1.165) is 36.2 Å². The van der Waals surface area contributed by atoms with Gasteiger partial charge in [-0.2, -0.15) is 0 Å². The third kappa shape index (κ3) is 5.30. The molecule has 0 saturated heterocycles. The summed E-state index contributed by atoms with van der Waals surface area (Å²) in [6.45, 7) is 7.51. The standard InChI is InChI=1S/C21H25ClN4O2/c1-21(2,3)28-19(27)13-26-10-8-15(9-11-26)14-4-6-16(7-5-14)17-12-18(22)24-25-20(17)23/h4-8,12H,9-11,13H2,1-3H3,(H2,23,25). The van der Waals surface area contributed by atoms with Crippen molar-refractivity contribution in [3.05, 3.63) is 47.1 Å². The van der Waals surface area contributed by atoms with Crippen LogP contribution in [0.5, 0.6) is 0 Å². The number of rotatable bonds is 4. The lowest BCUT2D eigenvalue weighted by molar-refractivity contribution is -0.156. The zero-order valence-electron chi connectivity index (χ0n) is 16.4. The maximum absolute atomic E-state index is 12.0. The van der Waals surface area contributed by atoms with E-state index in [2.05, 4.69) is 33.3 Å². The molecule has 7 heteroatoms. The summed E-state index contributed by atoms with van der Waals surface area (Å²) < 4.78 is 5.39. The van der Waals surface area contributed by atoms with E-state index in [0.29, 0.717) is 17.5 Å². The molecule has 0 radical (unpaired) electrons. The van der Waals surface area contributed by atoms with Gasteiger partial charge in [-0.1, -0.05) is 41.9 Å². The fourth-order valence-electron chi connectivity index (χ4n) is 3.15. The van der Waals surface area contributed by atoms with Gasteiger partial charge in [0, 0.05) is 18.7 Å². The summed E-state index contributed by atoms with van der Waals surface area (Å²) in [6.07, 6.45) is 3.05. The number of hydrogen-bond donors (Lipinski definition) is 1. The maximum Gasteiger partial charge on any atom is 0.320 e. The molecule has 1 aliphatic rings. The molecular formula is C21H25ClN4O2. The lowest BCUT2D eigenvalue weighted by atomic mass is 9.97. The first kappa shape index (κ1) is 20.3. The zero-order valence-corrected chi connectivity index (χ0v) is 17.2. The SMILES string of the molecule is CC(C)(C)OC(=O)CN1CC=C(c2ccc(-c3cc(Cl)nnc3N)cc2)CC1. The molecule has 1 aromatic carbocycles. The first-order valence-electron chi connectivity index (χ1n) is 9.24. The highest BCUT2D eigenvalue weighted by Gasteiger charge is 2.20. The number of nitrogens with zero attached hydrogens (tertiary/aromatic N) is 3. The van der Waals surface area contributed by atoms with Crippen molar-refractivity contribution in [3.63, 3.8) is 0 Å². The number of carbonyl (C=O) groups is 1. The molecule has 3 rings (SSSR count). The number of carbonyl (C=O) groups excluding carboxylic acids is 1. The van der Waals surface area contributed by atoms with Gasteiger partial charge in [-0.25, -0.2) is 0 Å². The molecule has 2 aromatic rings. The van der Waals surface area contributed by atoms with Crippen LogP contribution in [-0.2, 0) is 9.53 Å². The predicted molar refractivity (Wildman–Crippen MR) is 112 cm³/mol. The monoisotopic (exact) mass is 400 g/mol. The third-order valence-electron chi connectivity index (χ3n) is 4.43. The summed E-state index contributed by atoms with van der Waals surface area (Å²) in [5, 5.41) is 7.92. The summed E-state index contributed by atoms with van der Waals surface area (Å²) in [4.78, 5) is 14.1. The molecule has 2 N–H and O–H groups in total. The Morgan fingerprint density at radius 3 is 2.50 bits per heavy atom. The van der Waals surface area contributed by atoms with Crippen molar-refractivity contribution < 1.29 is 9.53 Å². The molecule has 28 heavy (non-hydrogen) atoms. The minimum absolute atomic E-state index is 0.184. The molecule has 0 fully saturated rings. The van der Waals surface area contributed by atoms with Gasteiger partial charge in [-0.05, 0) is 50.0 Å². The van der Waals surface area contributed by atoms with Gasteiger partial charge in [-0.3, -0.25) is 9.69 Å². The van der Waals surface area contributed by atoms with Crippen LogP contribution in [0.25, 0.3) is 16.7 Å². The van der Waals surface area contributed by atoms with Crippen molar-refractivity contribution in [3.8, 4) is 11.1 Å². The highest BCUT2D eigenvalue weighted by molar-refractivity contribution is 6.29. The molecule has 148 valence electrons. The van der Waals surface area contributed by atoms with Crippen molar-refractivity contribution in [1.82, 2.24) is 15.1 Å². The predicted octanol–water partition coefficient (Wildman–Crippen LogP) is 3.81. The van der Waals surface area contributed by atoms with Crippen LogP contribution >= 0.6 is 11.6 Å². The fourth-order valence-corrected chi connectivity index (χ4v) is 3.29. The summed E-state index contributed by atoms with van der Waals surface area (Å²) in [5.74, 6) is 0.169. The molecule has 0 unspecified atom stereocenters. The average molecular weight is 401 g/mol. The normalized spacial score (nSPS) is 15.2. The maximum atomic E-state index is 12.0. The first-order valence-corrected chi connectivity index (χ1v) is 9.62. The molecule has 1 aliphatic heterocycles. The average Bonchev–Trinajstić information content (AvgIpc) is 2.63. The highest BCUT2D eigenvalue weighted by Crippen LogP contribution is 2.29. The van der Waals surface area contributed by atoms with E-state index in [-0.39, 0.29) is 5.97 Å². The van der Waals surface area contributed by atoms with E-state index < -0.39 is 5.60 Å². The number of hydrogen-bond acceptors (Lipinski definition) is 6. The van der Waals surface area contributed by atoms with Gasteiger partial charge in [0.1, 0.15) is 5.60 Å². The quantitative estimate of drug-likeness (QED) is 0.786. The summed E-state index contributed by atoms with van der Waals surface area (Å²) in [7, 11) is 0. The highest BCUT2D eigenvalue weighted by atomic mass is 35.5. The molecule has 0 aliphatic carbocycles. The Kier molecular flexibility index (Phi) is 6.01. The number of nitrogens with two attached hydrogens (primary N) is 1. The molecule has 6 nitrogen and oxygen atoms in total. The number of aromatic nitrogens is 2. The Bertz CT molecular complexity index is 888. The Morgan fingerprint density at radius 1 is 1.21 bits per heavy atom. The number of anilines is 1. The van der Waals surface area contributed by atoms with E-state index >= 15 is 0 Å². The van der Waals surface area contributed by atoms with Gasteiger partial charge < -0.3 is 10.5 Å². The van der Waals surface area contributed by atoms with Crippen LogP contribution in [0.2, 0.25) is 5.15 Å². The van der Waals surface area contributed by atoms with Crippen molar-refractivity contribution in [1.29, 1.82) is 0 Å².